The van der Waals surface area contributed by atoms with Crippen LogP contribution in [0.5, 0.6) is 0 Å². The minimum Gasteiger partial charge on any atom is -0.367 e. The minimum absolute atomic E-state index is 0.0993. The molecule has 1 aliphatic heterocycles. The summed E-state index contributed by atoms with van der Waals surface area (Å²) in [6, 6.07) is 0. The van der Waals surface area contributed by atoms with Crippen LogP contribution in [-0.4, -0.2) is 27.6 Å². The lowest BCUT2D eigenvalue weighted by Gasteiger charge is -2.08. The lowest BCUT2D eigenvalue weighted by Crippen LogP contribution is -2.18. The van der Waals surface area contributed by atoms with Gasteiger partial charge in [-0.05, 0) is 12.8 Å². The van der Waals surface area contributed by atoms with Crippen molar-refractivity contribution in [2.75, 3.05) is 6.54 Å². The molecule has 0 saturated carbocycles. The number of ether oxygens (including phenoxy) is 1. The molecule has 13 heavy (non-hydrogen) atoms. The van der Waals surface area contributed by atoms with Gasteiger partial charge in [0.2, 0.25) is 0 Å². The Labute approximate surface area is 76.9 Å². The minimum atomic E-state index is 0.0993. The molecular weight excluding hydrogens is 168 g/mol. The molecule has 0 bridgehead atoms. The Bertz CT molecular complexity index is 285. The predicted octanol–water partition coefficient (Wildman–Crippen LogP) is -0.00610. The van der Waals surface area contributed by atoms with Crippen molar-refractivity contribution >= 4 is 0 Å². The summed E-state index contributed by atoms with van der Waals surface area (Å²) >= 11 is 0. The Hall–Kier alpha value is -0.940. The number of aromatic nitrogens is 3. The molecule has 0 aromatic carbocycles. The van der Waals surface area contributed by atoms with Crippen LogP contribution in [0.4, 0.5) is 0 Å². The van der Waals surface area contributed by atoms with Gasteiger partial charge in [0.15, 0.2) is 0 Å². The molecule has 1 saturated heterocycles. The van der Waals surface area contributed by atoms with E-state index in [1.165, 1.54) is 0 Å². The van der Waals surface area contributed by atoms with Crippen molar-refractivity contribution in [3.63, 3.8) is 0 Å². The second-order valence-electron chi connectivity index (χ2n) is 3.32. The molecule has 0 aliphatic carbocycles. The maximum atomic E-state index is 5.67. The van der Waals surface area contributed by atoms with Crippen molar-refractivity contribution in [3.8, 4) is 0 Å². The third-order valence-corrected chi connectivity index (χ3v) is 2.32. The highest BCUT2D eigenvalue weighted by Crippen LogP contribution is 2.30. The van der Waals surface area contributed by atoms with E-state index in [2.05, 4.69) is 10.2 Å². The fourth-order valence-corrected chi connectivity index (χ4v) is 1.61. The van der Waals surface area contributed by atoms with Crippen LogP contribution in [0.25, 0.3) is 0 Å². The van der Waals surface area contributed by atoms with Crippen LogP contribution in [0.1, 0.15) is 24.6 Å². The fraction of sp³-hybridized carbons (Fsp3) is 0.750. The molecule has 1 aromatic heterocycles. The molecule has 0 amide bonds. The highest BCUT2D eigenvalue weighted by Gasteiger charge is 2.27. The lowest BCUT2D eigenvalue weighted by molar-refractivity contribution is 0.0471. The highest BCUT2D eigenvalue weighted by molar-refractivity contribution is 4.99. The molecule has 2 N–H and O–H groups in total. The molecular formula is C8H14N4O. The molecule has 0 radical (unpaired) electrons. The first-order valence-corrected chi connectivity index (χ1v) is 4.51. The van der Waals surface area contributed by atoms with Crippen LogP contribution in [0, 0.1) is 0 Å². The van der Waals surface area contributed by atoms with Gasteiger partial charge in [0.25, 0.3) is 0 Å². The molecule has 1 aliphatic rings. The molecule has 5 nitrogen and oxygen atoms in total. The number of nitrogens with zero attached hydrogens (tertiary/aromatic N) is 3. The lowest BCUT2D eigenvalue weighted by atomic mass is 10.1. The van der Waals surface area contributed by atoms with Crippen LogP contribution in [-0.2, 0) is 11.8 Å². The quantitative estimate of drug-likeness (QED) is 0.698. The van der Waals surface area contributed by atoms with Gasteiger partial charge in [0.1, 0.15) is 11.8 Å². The SMILES string of the molecule is Cn1ncc(C2CCC(CN)O2)n1. The van der Waals surface area contributed by atoms with Crippen LogP contribution >= 0.6 is 0 Å². The van der Waals surface area contributed by atoms with Crippen LogP contribution in [0.2, 0.25) is 0 Å². The zero-order valence-corrected chi connectivity index (χ0v) is 7.68. The smallest absolute Gasteiger partial charge is 0.111 e. The normalized spacial score (nSPS) is 28.2. The largest absolute Gasteiger partial charge is 0.367 e. The number of rotatable bonds is 2. The summed E-state index contributed by atoms with van der Waals surface area (Å²) in [5.41, 5.74) is 6.43. The Morgan fingerprint density at radius 2 is 2.54 bits per heavy atom. The Morgan fingerprint density at radius 3 is 3.08 bits per heavy atom. The van der Waals surface area contributed by atoms with Gasteiger partial charge in [0.05, 0.1) is 12.3 Å². The van der Waals surface area contributed by atoms with E-state index in [0.29, 0.717) is 6.54 Å². The van der Waals surface area contributed by atoms with E-state index in [1.54, 1.807) is 18.0 Å². The summed E-state index contributed by atoms with van der Waals surface area (Å²) in [6.45, 7) is 0.594. The summed E-state index contributed by atoms with van der Waals surface area (Å²) in [5.74, 6) is 0. The van der Waals surface area contributed by atoms with E-state index in [9.17, 15) is 0 Å². The van der Waals surface area contributed by atoms with Crippen molar-refractivity contribution < 1.29 is 4.74 Å². The van der Waals surface area contributed by atoms with E-state index < -0.39 is 0 Å². The van der Waals surface area contributed by atoms with Gasteiger partial charge in [-0.2, -0.15) is 15.0 Å². The summed E-state index contributed by atoms with van der Waals surface area (Å²) in [6.07, 6.45) is 4.08. The maximum Gasteiger partial charge on any atom is 0.111 e. The van der Waals surface area contributed by atoms with Gasteiger partial charge >= 0.3 is 0 Å². The van der Waals surface area contributed by atoms with E-state index >= 15 is 0 Å². The molecule has 1 aromatic rings. The van der Waals surface area contributed by atoms with Gasteiger partial charge in [0, 0.05) is 13.6 Å². The Balaban J connectivity index is 2.03. The van der Waals surface area contributed by atoms with E-state index in [0.717, 1.165) is 18.5 Å². The second kappa shape index (κ2) is 3.43. The molecule has 2 atom stereocenters. The third-order valence-electron chi connectivity index (χ3n) is 2.32. The van der Waals surface area contributed by atoms with Crippen molar-refractivity contribution in [2.24, 2.45) is 12.8 Å². The molecule has 2 heterocycles. The molecule has 5 heteroatoms. The van der Waals surface area contributed by atoms with Gasteiger partial charge in [-0.3, -0.25) is 0 Å². The summed E-state index contributed by atoms with van der Waals surface area (Å²) in [7, 11) is 1.80. The topological polar surface area (TPSA) is 66.0 Å². The van der Waals surface area contributed by atoms with Crippen molar-refractivity contribution in [1.82, 2.24) is 15.0 Å². The zero-order valence-electron chi connectivity index (χ0n) is 7.68. The molecule has 1 fully saturated rings. The average molecular weight is 182 g/mol. The number of aryl methyl sites for hydroxylation is 1. The van der Waals surface area contributed by atoms with E-state index in [-0.39, 0.29) is 12.2 Å². The van der Waals surface area contributed by atoms with Crippen molar-refractivity contribution in [2.45, 2.75) is 25.0 Å². The van der Waals surface area contributed by atoms with Crippen LogP contribution in [0.15, 0.2) is 6.20 Å². The first-order valence-electron chi connectivity index (χ1n) is 4.51. The van der Waals surface area contributed by atoms with Crippen molar-refractivity contribution in [1.29, 1.82) is 0 Å². The predicted molar refractivity (Wildman–Crippen MR) is 46.9 cm³/mol. The van der Waals surface area contributed by atoms with Crippen LogP contribution in [0.3, 0.4) is 0 Å². The van der Waals surface area contributed by atoms with Gasteiger partial charge in [-0.15, -0.1) is 0 Å². The first kappa shape index (κ1) is 8.65. The van der Waals surface area contributed by atoms with Gasteiger partial charge < -0.3 is 10.5 Å². The second-order valence-corrected chi connectivity index (χ2v) is 3.32. The van der Waals surface area contributed by atoms with E-state index in [4.69, 9.17) is 10.5 Å². The number of nitrogens with two attached hydrogens (primary N) is 1. The fourth-order valence-electron chi connectivity index (χ4n) is 1.61. The van der Waals surface area contributed by atoms with Crippen molar-refractivity contribution in [3.05, 3.63) is 11.9 Å². The molecule has 2 unspecified atom stereocenters. The van der Waals surface area contributed by atoms with E-state index in [1.807, 2.05) is 0 Å². The maximum absolute atomic E-state index is 5.67. The summed E-state index contributed by atoms with van der Waals surface area (Å²) < 4.78 is 5.67. The molecule has 2 rings (SSSR count). The Morgan fingerprint density at radius 1 is 1.69 bits per heavy atom. The molecule has 72 valence electrons. The zero-order chi connectivity index (χ0) is 9.26. The standard InChI is InChI=1S/C8H14N4O/c1-12-10-5-7(11-12)8-3-2-6(4-9)13-8/h5-6,8H,2-4,9H2,1H3. The molecule has 0 spiro atoms. The van der Waals surface area contributed by atoms with Crippen LogP contribution < -0.4 is 5.73 Å². The monoisotopic (exact) mass is 182 g/mol. The van der Waals surface area contributed by atoms with Gasteiger partial charge in [-0.25, -0.2) is 0 Å². The highest BCUT2D eigenvalue weighted by atomic mass is 16.5. The average Bonchev–Trinajstić information content (AvgIpc) is 2.71. The Kier molecular flexibility index (Phi) is 2.28. The number of hydrogen-bond acceptors (Lipinski definition) is 4. The summed E-state index contributed by atoms with van der Waals surface area (Å²) in [5, 5.41) is 8.21. The summed E-state index contributed by atoms with van der Waals surface area (Å²) in [4.78, 5) is 1.55. The third kappa shape index (κ3) is 1.71. The number of hydrogen-bond donors (Lipinski definition) is 1. The van der Waals surface area contributed by atoms with Gasteiger partial charge in [-0.1, -0.05) is 0 Å². The first-order chi connectivity index (χ1) is 6.29.